The van der Waals surface area contributed by atoms with E-state index in [9.17, 15) is 9.59 Å². The van der Waals surface area contributed by atoms with Crippen LogP contribution in [0, 0.1) is 0 Å². The Hall–Kier alpha value is -1.18. The van der Waals surface area contributed by atoms with Gasteiger partial charge in [-0.2, -0.15) is 0 Å². The number of carbonyl (C=O) groups excluding carboxylic acids is 2. The fourth-order valence-electron chi connectivity index (χ4n) is 2.19. The molecule has 2 heterocycles. The first-order valence-corrected chi connectivity index (χ1v) is 9.49. The summed E-state index contributed by atoms with van der Waals surface area (Å²) in [5.41, 5.74) is 1.53. The molecule has 2 aromatic heterocycles. The van der Waals surface area contributed by atoms with Crippen molar-refractivity contribution in [1.29, 1.82) is 0 Å². The molecule has 7 heteroatoms. The Balaban J connectivity index is 1.88. The number of amides is 1. The van der Waals surface area contributed by atoms with Gasteiger partial charge in [0.2, 0.25) is 0 Å². The standard InChI is InChI=1S/C15H14BrNO3S2/c1-2-20-15(19)11-9(8-3-4-8)7-22-14(11)17-13(18)12-10(16)5-6-21-12/h5-8H,2-4H2,1H3,(H,17,18). The van der Waals surface area contributed by atoms with Crippen LogP contribution in [0.15, 0.2) is 21.3 Å². The van der Waals surface area contributed by atoms with E-state index < -0.39 is 0 Å². The average Bonchev–Trinajstić information content (AvgIpc) is 3.10. The van der Waals surface area contributed by atoms with E-state index in [2.05, 4.69) is 21.2 Å². The average molecular weight is 400 g/mol. The van der Waals surface area contributed by atoms with E-state index in [1.54, 1.807) is 6.92 Å². The second-order valence-electron chi connectivity index (χ2n) is 4.94. The second kappa shape index (κ2) is 6.52. The van der Waals surface area contributed by atoms with E-state index in [-0.39, 0.29) is 11.9 Å². The van der Waals surface area contributed by atoms with Gasteiger partial charge < -0.3 is 10.1 Å². The minimum atomic E-state index is -0.355. The van der Waals surface area contributed by atoms with Crippen LogP contribution in [0.3, 0.4) is 0 Å². The molecule has 1 N–H and O–H groups in total. The topological polar surface area (TPSA) is 55.4 Å². The smallest absolute Gasteiger partial charge is 0.341 e. The van der Waals surface area contributed by atoms with Crippen molar-refractivity contribution in [2.24, 2.45) is 0 Å². The summed E-state index contributed by atoms with van der Waals surface area (Å²) in [4.78, 5) is 25.2. The van der Waals surface area contributed by atoms with Gasteiger partial charge in [0.1, 0.15) is 9.88 Å². The third-order valence-corrected chi connectivity index (χ3v) is 6.12. The molecule has 4 nitrogen and oxygen atoms in total. The van der Waals surface area contributed by atoms with E-state index in [0.29, 0.717) is 28.0 Å². The van der Waals surface area contributed by atoms with Crippen LogP contribution in [0.5, 0.6) is 0 Å². The summed E-state index contributed by atoms with van der Waals surface area (Å²) in [6.07, 6.45) is 2.18. The van der Waals surface area contributed by atoms with E-state index >= 15 is 0 Å². The maximum absolute atomic E-state index is 12.3. The summed E-state index contributed by atoms with van der Waals surface area (Å²) >= 11 is 6.10. The SMILES string of the molecule is CCOC(=O)c1c(C2CC2)csc1NC(=O)c1sccc1Br. The van der Waals surface area contributed by atoms with Crippen molar-refractivity contribution in [3.63, 3.8) is 0 Å². The van der Waals surface area contributed by atoms with Gasteiger partial charge in [0.25, 0.3) is 5.91 Å². The molecule has 0 saturated heterocycles. The van der Waals surface area contributed by atoms with Crippen molar-refractivity contribution in [2.75, 3.05) is 11.9 Å². The molecule has 0 radical (unpaired) electrons. The van der Waals surface area contributed by atoms with Gasteiger partial charge in [-0.15, -0.1) is 22.7 Å². The molecule has 0 atom stereocenters. The molecule has 0 aromatic carbocycles. The Morgan fingerprint density at radius 1 is 1.41 bits per heavy atom. The molecule has 116 valence electrons. The number of halogens is 1. The Morgan fingerprint density at radius 2 is 2.18 bits per heavy atom. The highest BCUT2D eigenvalue weighted by atomic mass is 79.9. The second-order valence-corrected chi connectivity index (χ2v) is 7.59. The molecule has 0 unspecified atom stereocenters. The largest absolute Gasteiger partial charge is 0.462 e. The van der Waals surface area contributed by atoms with Gasteiger partial charge in [0.05, 0.1) is 12.2 Å². The molecular weight excluding hydrogens is 386 g/mol. The zero-order valence-corrected chi connectivity index (χ0v) is 15.1. The number of carbonyl (C=O) groups is 2. The number of rotatable bonds is 5. The highest BCUT2D eigenvalue weighted by Gasteiger charge is 2.32. The number of ether oxygens (including phenoxy) is 1. The molecule has 1 aliphatic rings. The van der Waals surface area contributed by atoms with Crippen LogP contribution >= 0.6 is 38.6 Å². The van der Waals surface area contributed by atoms with Crippen LogP contribution in [-0.2, 0) is 4.74 Å². The first kappa shape index (κ1) is 15.7. The van der Waals surface area contributed by atoms with Crippen molar-refractivity contribution in [3.05, 3.63) is 37.3 Å². The van der Waals surface area contributed by atoms with Gasteiger partial charge >= 0.3 is 5.97 Å². The van der Waals surface area contributed by atoms with E-state index in [1.165, 1.54) is 22.7 Å². The van der Waals surface area contributed by atoms with Crippen molar-refractivity contribution in [1.82, 2.24) is 0 Å². The van der Waals surface area contributed by atoms with Crippen LogP contribution in [0.25, 0.3) is 0 Å². The van der Waals surface area contributed by atoms with Crippen molar-refractivity contribution < 1.29 is 14.3 Å². The Bertz CT molecular complexity index is 718. The molecule has 0 aliphatic heterocycles. The lowest BCUT2D eigenvalue weighted by Gasteiger charge is -2.07. The summed E-state index contributed by atoms with van der Waals surface area (Å²) in [6, 6.07) is 1.83. The summed E-state index contributed by atoms with van der Waals surface area (Å²) in [5, 5.41) is 7.23. The summed E-state index contributed by atoms with van der Waals surface area (Å²) in [7, 11) is 0. The predicted molar refractivity (Wildman–Crippen MR) is 92.2 cm³/mol. The number of anilines is 1. The predicted octanol–water partition coefficient (Wildman–Crippen LogP) is 4.88. The molecule has 0 bridgehead atoms. The number of hydrogen-bond donors (Lipinski definition) is 1. The van der Waals surface area contributed by atoms with Gasteiger partial charge in [0, 0.05) is 4.47 Å². The Labute approximate surface area is 144 Å². The van der Waals surface area contributed by atoms with Crippen LogP contribution in [0.4, 0.5) is 5.00 Å². The molecule has 1 amide bonds. The van der Waals surface area contributed by atoms with Crippen LogP contribution in [0.1, 0.15) is 51.3 Å². The van der Waals surface area contributed by atoms with E-state index in [0.717, 1.165) is 22.9 Å². The first-order chi connectivity index (χ1) is 10.6. The fraction of sp³-hybridized carbons (Fsp3) is 0.333. The maximum atomic E-state index is 12.3. The van der Waals surface area contributed by atoms with Crippen molar-refractivity contribution in [2.45, 2.75) is 25.7 Å². The molecule has 22 heavy (non-hydrogen) atoms. The molecular formula is C15H14BrNO3S2. The van der Waals surface area contributed by atoms with Crippen LogP contribution in [0.2, 0.25) is 0 Å². The third kappa shape index (κ3) is 3.11. The molecule has 1 fully saturated rings. The van der Waals surface area contributed by atoms with Crippen molar-refractivity contribution >= 4 is 55.5 Å². The highest BCUT2D eigenvalue weighted by Crippen LogP contribution is 2.46. The highest BCUT2D eigenvalue weighted by molar-refractivity contribution is 9.10. The Morgan fingerprint density at radius 3 is 2.77 bits per heavy atom. The number of hydrogen-bond acceptors (Lipinski definition) is 5. The molecule has 3 rings (SSSR count). The third-order valence-electron chi connectivity index (χ3n) is 3.37. The summed E-state index contributed by atoms with van der Waals surface area (Å²) in [6.45, 7) is 2.10. The van der Waals surface area contributed by atoms with Gasteiger partial charge in [0.15, 0.2) is 0 Å². The monoisotopic (exact) mass is 399 g/mol. The lowest BCUT2D eigenvalue weighted by molar-refractivity contribution is 0.0527. The molecule has 1 aliphatic carbocycles. The lowest BCUT2D eigenvalue weighted by Crippen LogP contribution is -2.14. The zero-order chi connectivity index (χ0) is 15.7. The summed E-state index contributed by atoms with van der Waals surface area (Å²) < 4.78 is 5.91. The van der Waals surface area contributed by atoms with Gasteiger partial charge in [-0.3, -0.25) is 4.79 Å². The lowest BCUT2D eigenvalue weighted by atomic mass is 10.1. The molecule has 1 saturated carbocycles. The number of nitrogens with one attached hydrogen (secondary N) is 1. The Kier molecular flexibility index (Phi) is 4.65. The number of thiophene rings is 2. The molecule has 2 aromatic rings. The van der Waals surface area contributed by atoms with E-state index in [4.69, 9.17) is 4.74 Å². The normalized spacial score (nSPS) is 13.9. The minimum absolute atomic E-state index is 0.211. The maximum Gasteiger partial charge on any atom is 0.341 e. The van der Waals surface area contributed by atoms with Crippen LogP contribution < -0.4 is 5.32 Å². The quantitative estimate of drug-likeness (QED) is 0.728. The van der Waals surface area contributed by atoms with Gasteiger partial charge in [-0.25, -0.2) is 4.79 Å². The first-order valence-electron chi connectivity index (χ1n) is 6.94. The van der Waals surface area contributed by atoms with Gasteiger partial charge in [-0.1, -0.05) is 0 Å². The minimum Gasteiger partial charge on any atom is -0.462 e. The van der Waals surface area contributed by atoms with E-state index in [1.807, 2.05) is 16.8 Å². The van der Waals surface area contributed by atoms with Gasteiger partial charge in [-0.05, 0) is 64.0 Å². The summed E-state index contributed by atoms with van der Waals surface area (Å²) in [5.74, 6) is -0.141. The fourth-order valence-corrected chi connectivity index (χ4v) is 4.66. The van der Waals surface area contributed by atoms with Crippen LogP contribution in [-0.4, -0.2) is 18.5 Å². The zero-order valence-electron chi connectivity index (χ0n) is 11.8. The van der Waals surface area contributed by atoms with Crippen molar-refractivity contribution in [3.8, 4) is 0 Å². The number of esters is 1. The molecule has 0 spiro atoms.